The summed E-state index contributed by atoms with van der Waals surface area (Å²) in [4.78, 5) is 0. The van der Waals surface area contributed by atoms with Crippen molar-refractivity contribution in [2.45, 2.75) is 19.1 Å². The van der Waals surface area contributed by atoms with Gasteiger partial charge in [-0.2, -0.15) is 0 Å². The molecule has 5 nitrogen and oxygen atoms in total. The summed E-state index contributed by atoms with van der Waals surface area (Å²) in [5.74, 6) is 1.24. The first-order chi connectivity index (χ1) is 8.74. The van der Waals surface area contributed by atoms with Crippen LogP contribution >= 0.6 is 0 Å². The standard InChI is InChI=1S/C13H21NO4/c1-14-11(9-16)5-6-18-12-4-3-10(8-15)7-13(12)17-2/h3-4,7,11,14-16H,5-6,8-9H2,1-2H3. The van der Waals surface area contributed by atoms with Crippen LogP contribution in [0.2, 0.25) is 0 Å². The van der Waals surface area contributed by atoms with Crippen molar-refractivity contribution in [1.82, 2.24) is 5.32 Å². The highest BCUT2D eigenvalue weighted by molar-refractivity contribution is 5.42. The average Bonchev–Trinajstić information content (AvgIpc) is 2.43. The van der Waals surface area contributed by atoms with Gasteiger partial charge in [-0.1, -0.05) is 6.07 Å². The van der Waals surface area contributed by atoms with E-state index in [0.29, 0.717) is 24.5 Å². The van der Waals surface area contributed by atoms with Gasteiger partial charge in [-0.05, 0) is 31.2 Å². The van der Waals surface area contributed by atoms with Crippen LogP contribution in [0.4, 0.5) is 0 Å². The molecule has 18 heavy (non-hydrogen) atoms. The Kier molecular flexibility index (Phi) is 6.49. The maximum Gasteiger partial charge on any atom is 0.161 e. The number of hydrogen-bond acceptors (Lipinski definition) is 5. The molecule has 0 aliphatic heterocycles. The molecule has 1 atom stereocenters. The molecule has 0 fully saturated rings. The minimum atomic E-state index is -0.0248. The Morgan fingerprint density at radius 2 is 2.06 bits per heavy atom. The van der Waals surface area contributed by atoms with Gasteiger partial charge in [0.25, 0.3) is 0 Å². The van der Waals surface area contributed by atoms with E-state index in [9.17, 15) is 0 Å². The highest BCUT2D eigenvalue weighted by atomic mass is 16.5. The second-order valence-electron chi connectivity index (χ2n) is 3.95. The zero-order valence-electron chi connectivity index (χ0n) is 10.8. The van der Waals surface area contributed by atoms with Crippen LogP contribution in [-0.4, -0.2) is 43.6 Å². The molecule has 102 valence electrons. The Morgan fingerprint density at radius 1 is 1.28 bits per heavy atom. The normalized spacial score (nSPS) is 12.2. The van der Waals surface area contributed by atoms with Gasteiger partial charge in [0.05, 0.1) is 26.9 Å². The number of aliphatic hydroxyl groups is 2. The summed E-state index contributed by atoms with van der Waals surface area (Å²) in [6, 6.07) is 5.35. The van der Waals surface area contributed by atoms with E-state index in [1.54, 1.807) is 32.4 Å². The van der Waals surface area contributed by atoms with Crippen LogP contribution in [0.5, 0.6) is 11.5 Å². The van der Waals surface area contributed by atoms with Crippen molar-refractivity contribution < 1.29 is 19.7 Å². The predicted molar refractivity (Wildman–Crippen MR) is 69.0 cm³/mol. The van der Waals surface area contributed by atoms with Crippen molar-refractivity contribution in [3.63, 3.8) is 0 Å². The predicted octanol–water partition coefficient (Wildman–Crippen LogP) is 0.537. The molecule has 0 saturated heterocycles. The molecule has 1 rings (SSSR count). The van der Waals surface area contributed by atoms with Gasteiger partial charge in [-0.3, -0.25) is 0 Å². The van der Waals surface area contributed by atoms with E-state index in [1.807, 2.05) is 0 Å². The summed E-state index contributed by atoms with van der Waals surface area (Å²) in [5.41, 5.74) is 0.780. The summed E-state index contributed by atoms with van der Waals surface area (Å²) in [5, 5.41) is 21.0. The molecule has 1 aromatic rings. The largest absolute Gasteiger partial charge is 0.493 e. The Labute approximate surface area is 107 Å². The number of hydrogen-bond donors (Lipinski definition) is 3. The lowest BCUT2D eigenvalue weighted by molar-refractivity contribution is 0.211. The fourth-order valence-corrected chi connectivity index (χ4v) is 1.57. The first-order valence-electron chi connectivity index (χ1n) is 5.93. The zero-order chi connectivity index (χ0) is 13.4. The van der Waals surface area contributed by atoms with Crippen molar-refractivity contribution in [2.24, 2.45) is 0 Å². The SMILES string of the molecule is CNC(CO)CCOc1ccc(CO)cc1OC. The lowest BCUT2D eigenvalue weighted by Crippen LogP contribution is -2.30. The first kappa shape index (κ1) is 14.8. The van der Waals surface area contributed by atoms with Crippen LogP contribution in [0, 0.1) is 0 Å². The van der Waals surface area contributed by atoms with Gasteiger partial charge in [0, 0.05) is 6.04 Å². The number of nitrogens with one attached hydrogen (secondary N) is 1. The lowest BCUT2D eigenvalue weighted by Gasteiger charge is -2.15. The van der Waals surface area contributed by atoms with E-state index in [0.717, 1.165) is 5.56 Å². The summed E-state index contributed by atoms with van der Waals surface area (Å²) < 4.78 is 10.8. The van der Waals surface area contributed by atoms with Crippen molar-refractivity contribution in [3.05, 3.63) is 23.8 Å². The van der Waals surface area contributed by atoms with Gasteiger partial charge in [0.2, 0.25) is 0 Å². The molecule has 0 spiro atoms. The molecule has 0 bridgehead atoms. The molecule has 0 amide bonds. The topological polar surface area (TPSA) is 71.0 Å². The van der Waals surface area contributed by atoms with Crippen LogP contribution < -0.4 is 14.8 Å². The molecule has 5 heteroatoms. The third kappa shape index (κ3) is 4.18. The van der Waals surface area contributed by atoms with Crippen LogP contribution in [0.25, 0.3) is 0 Å². The highest BCUT2D eigenvalue weighted by Gasteiger charge is 2.08. The van der Waals surface area contributed by atoms with Crippen molar-refractivity contribution in [1.29, 1.82) is 0 Å². The molecule has 0 aliphatic rings. The molecule has 0 aromatic heterocycles. The molecular weight excluding hydrogens is 234 g/mol. The van der Waals surface area contributed by atoms with Crippen molar-refractivity contribution in [2.75, 3.05) is 27.4 Å². The minimum absolute atomic E-state index is 0.0248. The Bertz CT molecular complexity index is 353. The zero-order valence-corrected chi connectivity index (χ0v) is 10.8. The summed E-state index contributed by atoms with van der Waals surface area (Å²) in [7, 11) is 3.37. The molecule has 0 aliphatic carbocycles. The third-order valence-corrected chi connectivity index (χ3v) is 2.76. The Morgan fingerprint density at radius 3 is 2.61 bits per heavy atom. The van der Waals surface area contributed by atoms with Gasteiger partial charge in [-0.15, -0.1) is 0 Å². The number of methoxy groups -OCH3 is 1. The van der Waals surface area contributed by atoms with Crippen LogP contribution in [0.1, 0.15) is 12.0 Å². The molecule has 0 saturated carbocycles. The van der Waals surface area contributed by atoms with E-state index < -0.39 is 0 Å². The number of benzene rings is 1. The van der Waals surface area contributed by atoms with E-state index >= 15 is 0 Å². The maximum absolute atomic E-state index is 9.03. The monoisotopic (exact) mass is 255 g/mol. The van der Waals surface area contributed by atoms with E-state index in [4.69, 9.17) is 19.7 Å². The summed E-state index contributed by atoms with van der Waals surface area (Å²) in [6.45, 7) is 0.546. The average molecular weight is 255 g/mol. The summed E-state index contributed by atoms with van der Waals surface area (Å²) >= 11 is 0. The maximum atomic E-state index is 9.03. The number of likely N-dealkylation sites (N-methyl/N-ethyl adjacent to an activating group) is 1. The Balaban J connectivity index is 2.56. The van der Waals surface area contributed by atoms with Gasteiger partial charge < -0.3 is 25.0 Å². The Hall–Kier alpha value is -1.30. The van der Waals surface area contributed by atoms with E-state index in [2.05, 4.69) is 5.32 Å². The van der Waals surface area contributed by atoms with Crippen molar-refractivity contribution >= 4 is 0 Å². The highest BCUT2D eigenvalue weighted by Crippen LogP contribution is 2.28. The van der Waals surface area contributed by atoms with Crippen LogP contribution in [0.3, 0.4) is 0 Å². The number of aliphatic hydroxyl groups excluding tert-OH is 2. The van der Waals surface area contributed by atoms with Crippen LogP contribution in [0.15, 0.2) is 18.2 Å². The molecule has 0 heterocycles. The fraction of sp³-hybridized carbons (Fsp3) is 0.538. The van der Waals surface area contributed by atoms with E-state index in [-0.39, 0.29) is 19.3 Å². The first-order valence-corrected chi connectivity index (χ1v) is 5.93. The molecular formula is C13H21NO4. The van der Waals surface area contributed by atoms with Gasteiger partial charge in [-0.25, -0.2) is 0 Å². The van der Waals surface area contributed by atoms with Gasteiger partial charge in [0.15, 0.2) is 11.5 Å². The summed E-state index contributed by atoms with van der Waals surface area (Å²) in [6.07, 6.45) is 0.706. The number of ether oxygens (including phenoxy) is 2. The minimum Gasteiger partial charge on any atom is -0.493 e. The smallest absolute Gasteiger partial charge is 0.161 e. The third-order valence-electron chi connectivity index (χ3n) is 2.76. The second kappa shape index (κ2) is 7.92. The lowest BCUT2D eigenvalue weighted by atomic mass is 10.2. The van der Waals surface area contributed by atoms with Crippen molar-refractivity contribution in [3.8, 4) is 11.5 Å². The number of rotatable bonds is 8. The van der Waals surface area contributed by atoms with Crippen LogP contribution in [-0.2, 0) is 6.61 Å². The fourth-order valence-electron chi connectivity index (χ4n) is 1.57. The molecule has 1 aromatic carbocycles. The van der Waals surface area contributed by atoms with E-state index in [1.165, 1.54) is 0 Å². The van der Waals surface area contributed by atoms with Gasteiger partial charge >= 0.3 is 0 Å². The van der Waals surface area contributed by atoms with Gasteiger partial charge in [0.1, 0.15) is 0 Å². The second-order valence-corrected chi connectivity index (χ2v) is 3.95. The molecule has 3 N–H and O–H groups in total. The molecule has 0 radical (unpaired) electrons. The quantitative estimate of drug-likeness (QED) is 0.632. The molecule has 1 unspecified atom stereocenters.